The van der Waals surface area contributed by atoms with E-state index >= 15 is 0 Å². The summed E-state index contributed by atoms with van der Waals surface area (Å²) in [6.07, 6.45) is 1.81. The van der Waals surface area contributed by atoms with Crippen LogP contribution in [-0.2, 0) is 0 Å². The number of nitrogens with one attached hydrogen (secondary N) is 2. The van der Waals surface area contributed by atoms with Crippen molar-refractivity contribution in [1.29, 1.82) is 0 Å². The number of rotatable bonds is 6. The van der Waals surface area contributed by atoms with Gasteiger partial charge in [0.2, 0.25) is 0 Å². The number of anilines is 2. The van der Waals surface area contributed by atoms with E-state index in [1.807, 2.05) is 43.6 Å². The van der Waals surface area contributed by atoms with Crippen molar-refractivity contribution in [3.63, 3.8) is 0 Å². The predicted octanol–water partition coefficient (Wildman–Crippen LogP) is 4.14. The lowest BCUT2D eigenvalue weighted by molar-refractivity contribution is 0.272. The van der Waals surface area contributed by atoms with Gasteiger partial charge in [-0.1, -0.05) is 18.2 Å². The Morgan fingerprint density at radius 3 is 2.90 bits per heavy atom. The third-order valence-electron chi connectivity index (χ3n) is 5.48. The lowest BCUT2D eigenvalue weighted by Gasteiger charge is -2.39. The van der Waals surface area contributed by atoms with Gasteiger partial charge in [0.1, 0.15) is 30.5 Å². The molecule has 0 radical (unpaired) electrons. The summed E-state index contributed by atoms with van der Waals surface area (Å²) in [5, 5.41) is 21.0. The second kappa shape index (κ2) is 8.20. The summed E-state index contributed by atoms with van der Waals surface area (Å²) < 4.78 is 12.1. The van der Waals surface area contributed by atoms with Crippen LogP contribution >= 0.6 is 0 Å². The molecule has 1 aliphatic rings. The van der Waals surface area contributed by atoms with Gasteiger partial charge in [0.15, 0.2) is 0 Å². The normalized spacial score (nSPS) is 15.5. The van der Waals surface area contributed by atoms with Gasteiger partial charge in [0, 0.05) is 29.8 Å². The Morgan fingerprint density at radius 2 is 2.06 bits per heavy atom. The van der Waals surface area contributed by atoms with E-state index in [2.05, 4.69) is 38.6 Å². The molecule has 31 heavy (non-hydrogen) atoms. The van der Waals surface area contributed by atoms with Crippen LogP contribution in [0.4, 0.5) is 11.4 Å². The van der Waals surface area contributed by atoms with Gasteiger partial charge in [-0.2, -0.15) is 5.10 Å². The zero-order valence-electron chi connectivity index (χ0n) is 17.2. The van der Waals surface area contributed by atoms with E-state index in [-0.39, 0.29) is 11.8 Å². The highest BCUT2D eigenvalue weighted by atomic mass is 16.5. The van der Waals surface area contributed by atoms with Gasteiger partial charge < -0.3 is 24.8 Å². The average molecular weight is 416 g/mol. The maximum Gasteiger partial charge on any atom is 0.145 e. The molecule has 4 aromatic rings. The van der Waals surface area contributed by atoms with E-state index in [0.717, 1.165) is 45.9 Å². The molecule has 5 rings (SSSR count). The molecule has 0 fully saturated rings. The van der Waals surface area contributed by atoms with Crippen molar-refractivity contribution < 1.29 is 14.6 Å². The van der Waals surface area contributed by atoms with Crippen molar-refractivity contribution in [3.05, 3.63) is 72.4 Å². The first-order valence-corrected chi connectivity index (χ1v) is 10.3. The number of phenolic OH excluding ortho intramolecular Hbond substituents is 1. The topological polar surface area (TPSA) is 82.6 Å². The second-order valence-corrected chi connectivity index (χ2v) is 7.51. The Kier molecular flexibility index (Phi) is 5.09. The van der Waals surface area contributed by atoms with Crippen molar-refractivity contribution in [2.75, 3.05) is 31.7 Å². The SMILES string of the molecule is CNCCOc1cccc(N2c3cc4cn[nH]c4cc3OC[C@H]2c2ccc(O)cc2)c1. The molecule has 3 aromatic carbocycles. The fourth-order valence-corrected chi connectivity index (χ4v) is 3.93. The first-order valence-electron chi connectivity index (χ1n) is 10.3. The van der Waals surface area contributed by atoms with Crippen LogP contribution in [0.2, 0.25) is 0 Å². The Labute approximate surface area is 180 Å². The van der Waals surface area contributed by atoms with Crippen LogP contribution in [0.25, 0.3) is 10.9 Å². The van der Waals surface area contributed by atoms with E-state index < -0.39 is 0 Å². The highest BCUT2D eigenvalue weighted by Crippen LogP contribution is 2.46. The molecule has 1 aromatic heterocycles. The molecular formula is C24H24N4O3. The number of hydrogen-bond acceptors (Lipinski definition) is 6. The molecule has 3 N–H and O–H groups in total. The number of phenols is 1. The van der Waals surface area contributed by atoms with Crippen molar-refractivity contribution in [2.24, 2.45) is 0 Å². The van der Waals surface area contributed by atoms with E-state index in [1.54, 1.807) is 12.1 Å². The highest BCUT2D eigenvalue weighted by Gasteiger charge is 2.31. The molecule has 0 aliphatic carbocycles. The molecular weight excluding hydrogens is 392 g/mol. The molecule has 7 nitrogen and oxygen atoms in total. The summed E-state index contributed by atoms with van der Waals surface area (Å²) in [4.78, 5) is 2.27. The minimum atomic E-state index is -0.0648. The minimum absolute atomic E-state index is 0.0648. The van der Waals surface area contributed by atoms with Gasteiger partial charge in [-0.3, -0.25) is 5.10 Å². The van der Waals surface area contributed by atoms with Gasteiger partial charge in [0.05, 0.1) is 23.4 Å². The first kappa shape index (κ1) is 19.3. The van der Waals surface area contributed by atoms with Crippen LogP contribution in [0.5, 0.6) is 17.2 Å². The van der Waals surface area contributed by atoms with Crippen LogP contribution in [0.15, 0.2) is 66.9 Å². The average Bonchev–Trinajstić information content (AvgIpc) is 3.25. The van der Waals surface area contributed by atoms with E-state index in [4.69, 9.17) is 9.47 Å². The molecule has 7 heteroatoms. The van der Waals surface area contributed by atoms with Crippen molar-refractivity contribution >= 4 is 22.3 Å². The zero-order chi connectivity index (χ0) is 21.2. The zero-order valence-corrected chi connectivity index (χ0v) is 17.2. The summed E-state index contributed by atoms with van der Waals surface area (Å²) in [7, 11) is 1.91. The number of fused-ring (bicyclic) bond motifs is 2. The smallest absolute Gasteiger partial charge is 0.145 e. The van der Waals surface area contributed by atoms with Gasteiger partial charge in [-0.05, 0) is 42.9 Å². The molecule has 0 amide bonds. The lowest BCUT2D eigenvalue weighted by atomic mass is 10.0. The third-order valence-corrected chi connectivity index (χ3v) is 5.48. The van der Waals surface area contributed by atoms with Crippen LogP contribution in [-0.4, -0.2) is 42.1 Å². The van der Waals surface area contributed by atoms with Gasteiger partial charge in [-0.25, -0.2) is 0 Å². The number of hydrogen-bond donors (Lipinski definition) is 3. The molecule has 0 saturated carbocycles. The van der Waals surface area contributed by atoms with Crippen LogP contribution in [0, 0.1) is 0 Å². The van der Waals surface area contributed by atoms with Crippen LogP contribution in [0.1, 0.15) is 11.6 Å². The highest BCUT2D eigenvalue weighted by molar-refractivity contribution is 5.88. The number of aromatic nitrogens is 2. The number of H-pyrrole nitrogens is 1. The number of nitrogens with zero attached hydrogens (tertiary/aromatic N) is 2. The van der Waals surface area contributed by atoms with Gasteiger partial charge in [-0.15, -0.1) is 0 Å². The van der Waals surface area contributed by atoms with Crippen LogP contribution < -0.4 is 19.7 Å². The largest absolute Gasteiger partial charge is 0.508 e. The summed E-state index contributed by atoms with van der Waals surface area (Å²) in [6.45, 7) is 1.85. The predicted molar refractivity (Wildman–Crippen MR) is 120 cm³/mol. The third kappa shape index (κ3) is 3.75. The molecule has 2 heterocycles. The minimum Gasteiger partial charge on any atom is -0.508 e. The number of likely N-dealkylation sites (N-methyl/N-ethyl adjacent to an activating group) is 1. The molecule has 0 unspecified atom stereocenters. The Morgan fingerprint density at radius 1 is 1.19 bits per heavy atom. The first-order chi connectivity index (χ1) is 15.2. The van der Waals surface area contributed by atoms with Crippen molar-refractivity contribution in [2.45, 2.75) is 6.04 Å². The number of ether oxygens (including phenoxy) is 2. The summed E-state index contributed by atoms with van der Waals surface area (Å²) in [6, 6.07) is 19.4. The molecule has 158 valence electrons. The quantitative estimate of drug-likeness (QED) is 0.410. The number of aromatic amines is 1. The number of benzene rings is 3. The van der Waals surface area contributed by atoms with Crippen LogP contribution in [0.3, 0.4) is 0 Å². The maximum atomic E-state index is 9.75. The maximum absolute atomic E-state index is 9.75. The standard InChI is InChI=1S/C24H24N4O3/c1-25-9-10-30-20-4-2-3-18(12-20)28-22-11-17-14-26-27-21(17)13-24(22)31-15-23(28)16-5-7-19(29)8-6-16/h2-8,11-14,23,25,29H,9-10,15H2,1H3,(H,26,27)/t23-/m0/s1. The fraction of sp³-hybridized carbons (Fsp3) is 0.208. The molecule has 0 bridgehead atoms. The van der Waals surface area contributed by atoms with Crippen molar-refractivity contribution in [1.82, 2.24) is 15.5 Å². The van der Waals surface area contributed by atoms with Gasteiger partial charge >= 0.3 is 0 Å². The summed E-state index contributed by atoms with van der Waals surface area (Å²) in [5.74, 6) is 1.86. The van der Waals surface area contributed by atoms with Crippen molar-refractivity contribution in [3.8, 4) is 17.2 Å². The second-order valence-electron chi connectivity index (χ2n) is 7.51. The Balaban J connectivity index is 1.60. The lowest BCUT2D eigenvalue weighted by Crippen LogP contribution is -2.33. The van der Waals surface area contributed by atoms with E-state index in [9.17, 15) is 5.11 Å². The van der Waals surface area contributed by atoms with Gasteiger partial charge in [0.25, 0.3) is 0 Å². The molecule has 0 spiro atoms. The summed E-state index contributed by atoms with van der Waals surface area (Å²) in [5.41, 5.74) is 3.96. The molecule has 1 atom stereocenters. The molecule has 0 saturated heterocycles. The fourth-order valence-electron chi connectivity index (χ4n) is 3.93. The molecule has 1 aliphatic heterocycles. The monoisotopic (exact) mass is 416 g/mol. The van der Waals surface area contributed by atoms with E-state index in [0.29, 0.717) is 13.2 Å². The summed E-state index contributed by atoms with van der Waals surface area (Å²) >= 11 is 0. The van der Waals surface area contributed by atoms with E-state index in [1.165, 1.54) is 0 Å². The Hall–Kier alpha value is -3.71. The Bertz CT molecular complexity index is 1190. The number of aromatic hydroxyl groups is 1.